The molecule has 2 heterocycles. The maximum Gasteiger partial charge on any atom is 0.315 e. The van der Waals surface area contributed by atoms with Crippen molar-refractivity contribution in [3.63, 3.8) is 0 Å². The molecule has 39 heavy (non-hydrogen) atoms. The Morgan fingerprint density at radius 1 is 1.23 bits per heavy atom. The van der Waals surface area contributed by atoms with Crippen molar-refractivity contribution in [3.05, 3.63) is 11.6 Å². The van der Waals surface area contributed by atoms with E-state index in [1.54, 1.807) is 7.11 Å². The summed E-state index contributed by atoms with van der Waals surface area (Å²) in [4.78, 5) is 26.8. The van der Waals surface area contributed by atoms with E-state index in [0.29, 0.717) is 37.7 Å². The minimum absolute atomic E-state index is 0.00571. The normalized spacial score (nSPS) is 51.6. The van der Waals surface area contributed by atoms with Gasteiger partial charge in [0, 0.05) is 25.4 Å². The number of carbonyl (C=O) groups excluding carboxylic acids is 1. The maximum atomic E-state index is 13.6. The molecular formula is C31H46O8. The Bertz CT molecular complexity index is 1040. The fraction of sp³-hybridized carbons (Fsp3) is 0.871. The number of methoxy groups -OCH3 is 1. The van der Waals surface area contributed by atoms with Crippen LogP contribution in [0.15, 0.2) is 11.6 Å². The fourth-order valence-electron chi connectivity index (χ4n) is 10.3. The Morgan fingerprint density at radius 3 is 2.67 bits per heavy atom. The number of hydrogen-bond donors (Lipinski definition) is 1. The van der Waals surface area contributed by atoms with Gasteiger partial charge in [0.25, 0.3) is 0 Å². The Labute approximate surface area is 232 Å². The van der Waals surface area contributed by atoms with E-state index >= 15 is 0 Å². The molecule has 0 amide bonds. The molecular weight excluding hydrogens is 500 g/mol. The number of ether oxygens (including phenoxy) is 5. The van der Waals surface area contributed by atoms with Crippen LogP contribution in [0.25, 0.3) is 0 Å². The van der Waals surface area contributed by atoms with Gasteiger partial charge in [-0.15, -0.1) is 0 Å². The van der Waals surface area contributed by atoms with E-state index in [-0.39, 0.29) is 42.7 Å². The zero-order valence-corrected chi connectivity index (χ0v) is 24.3. The van der Waals surface area contributed by atoms with E-state index < -0.39 is 34.3 Å². The van der Waals surface area contributed by atoms with Crippen LogP contribution in [-0.4, -0.2) is 68.1 Å². The van der Waals surface area contributed by atoms with Crippen molar-refractivity contribution in [2.24, 2.45) is 45.8 Å². The lowest BCUT2D eigenvalue weighted by Crippen LogP contribution is -2.63. The monoisotopic (exact) mass is 546 g/mol. The molecule has 3 saturated carbocycles. The van der Waals surface area contributed by atoms with Crippen molar-refractivity contribution >= 4 is 12.3 Å². The molecule has 2 aliphatic heterocycles. The van der Waals surface area contributed by atoms with Gasteiger partial charge in [-0.05, 0) is 62.7 Å². The second-order valence-electron chi connectivity index (χ2n) is 13.9. The van der Waals surface area contributed by atoms with Crippen molar-refractivity contribution in [2.75, 3.05) is 20.3 Å². The summed E-state index contributed by atoms with van der Waals surface area (Å²) in [6, 6.07) is 0. The average molecular weight is 547 g/mol. The standard InChI is InChI=1S/C31H46O8/c1-17(2)23-11-20-13-29(15-32)22-8-7-18(3)21(22)14-30(20,31(23,29)27(33)34)16-36-25-12-24-26(19(4)37-25)39-28(5,38-24)9-10-35-6/h11,15,17-22,24-26H,7-10,12-14,16H2,1-6H3,(H,33,34)/t18?,19-,20?,21?,22?,24+,25-,26-,28?,29?,30?,31?/m1/s1. The number of fused-ring (bicyclic) bond motifs is 3. The number of aldehydes is 1. The highest BCUT2D eigenvalue weighted by Gasteiger charge is 2.84. The van der Waals surface area contributed by atoms with Crippen LogP contribution in [0.3, 0.4) is 0 Å². The highest BCUT2D eigenvalue weighted by Crippen LogP contribution is 2.82. The van der Waals surface area contributed by atoms with Crippen LogP contribution in [-0.2, 0) is 33.3 Å². The third-order valence-electron chi connectivity index (χ3n) is 11.8. The third kappa shape index (κ3) is 3.54. The number of carboxylic acids is 1. The van der Waals surface area contributed by atoms with Gasteiger partial charge in [-0.3, -0.25) is 4.79 Å². The first kappa shape index (κ1) is 27.8. The van der Waals surface area contributed by atoms with Crippen molar-refractivity contribution in [1.29, 1.82) is 0 Å². The quantitative estimate of drug-likeness (QED) is 0.331. The van der Waals surface area contributed by atoms with Crippen molar-refractivity contribution < 1.29 is 38.4 Å². The van der Waals surface area contributed by atoms with Gasteiger partial charge in [0.05, 0.1) is 30.8 Å². The minimum Gasteiger partial charge on any atom is -0.481 e. The predicted molar refractivity (Wildman–Crippen MR) is 142 cm³/mol. The van der Waals surface area contributed by atoms with Crippen LogP contribution in [0.5, 0.6) is 0 Å². The van der Waals surface area contributed by atoms with E-state index in [4.69, 9.17) is 23.7 Å². The fourth-order valence-corrected chi connectivity index (χ4v) is 10.3. The van der Waals surface area contributed by atoms with E-state index in [1.165, 1.54) is 0 Å². The first-order valence-corrected chi connectivity index (χ1v) is 15.0. The molecule has 12 atom stereocenters. The number of carboxylic acid groups (broad SMARTS) is 1. The Hall–Kier alpha value is -1.32. The molecule has 4 bridgehead atoms. The summed E-state index contributed by atoms with van der Waals surface area (Å²) in [6.07, 6.45) is 6.67. The van der Waals surface area contributed by atoms with Gasteiger partial charge in [0.15, 0.2) is 12.1 Å². The SMILES string of the molecule is COCCC1(C)O[C@H]2[C@H](C[C@H](OCC34CC5C(C)CCC5C5(C=O)CC3C=C(C(C)C)C54C(=O)O)O[C@@H]2C)O1. The highest BCUT2D eigenvalue weighted by molar-refractivity contribution is 5.90. The number of rotatable bonds is 9. The number of aliphatic carboxylic acids is 1. The lowest BCUT2D eigenvalue weighted by atomic mass is 9.43. The van der Waals surface area contributed by atoms with Crippen LogP contribution in [0.4, 0.5) is 0 Å². The zero-order chi connectivity index (χ0) is 28.0. The predicted octanol–water partition coefficient (Wildman–Crippen LogP) is 4.60. The van der Waals surface area contributed by atoms with Gasteiger partial charge in [0.1, 0.15) is 17.8 Å². The Kier molecular flexibility index (Phi) is 6.67. The van der Waals surface area contributed by atoms with Gasteiger partial charge >= 0.3 is 5.97 Å². The molecule has 6 rings (SSSR count). The van der Waals surface area contributed by atoms with E-state index in [2.05, 4.69) is 26.8 Å². The molecule has 218 valence electrons. The average Bonchev–Trinajstić information content (AvgIpc) is 3.57. The smallest absolute Gasteiger partial charge is 0.315 e. The van der Waals surface area contributed by atoms with Crippen LogP contribution >= 0.6 is 0 Å². The van der Waals surface area contributed by atoms with Gasteiger partial charge in [-0.2, -0.15) is 0 Å². The van der Waals surface area contributed by atoms with E-state index in [0.717, 1.165) is 31.1 Å². The van der Waals surface area contributed by atoms with E-state index in [9.17, 15) is 14.7 Å². The van der Waals surface area contributed by atoms with E-state index in [1.807, 2.05) is 13.8 Å². The second kappa shape index (κ2) is 9.35. The molecule has 0 aromatic rings. The molecule has 8 unspecified atom stereocenters. The minimum atomic E-state index is -1.24. The molecule has 4 aliphatic carbocycles. The summed E-state index contributed by atoms with van der Waals surface area (Å²) in [6.45, 7) is 11.1. The summed E-state index contributed by atoms with van der Waals surface area (Å²) < 4.78 is 30.8. The van der Waals surface area contributed by atoms with Crippen LogP contribution in [0, 0.1) is 45.8 Å². The lowest BCUT2D eigenvalue weighted by Gasteiger charge is -2.58. The van der Waals surface area contributed by atoms with Crippen LogP contribution in [0.2, 0.25) is 0 Å². The van der Waals surface area contributed by atoms with Crippen LogP contribution < -0.4 is 0 Å². The Morgan fingerprint density at radius 2 is 2.00 bits per heavy atom. The zero-order valence-electron chi connectivity index (χ0n) is 24.3. The lowest BCUT2D eigenvalue weighted by molar-refractivity contribution is -0.249. The molecule has 0 spiro atoms. The third-order valence-corrected chi connectivity index (χ3v) is 11.8. The van der Waals surface area contributed by atoms with Gasteiger partial charge in [0.2, 0.25) is 0 Å². The summed E-state index contributed by atoms with van der Waals surface area (Å²) in [5.41, 5.74) is -1.85. The number of hydrogen-bond acceptors (Lipinski definition) is 7. The van der Waals surface area contributed by atoms with Gasteiger partial charge in [-0.1, -0.05) is 38.8 Å². The first-order valence-electron chi connectivity index (χ1n) is 15.0. The molecule has 0 aromatic heterocycles. The molecule has 5 fully saturated rings. The topological polar surface area (TPSA) is 101 Å². The molecule has 8 heteroatoms. The van der Waals surface area contributed by atoms with Crippen molar-refractivity contribution in [3.8, 4) is 0 Å². The van der Waals surface area contributed by atoms with Crippen LogP contribution in [0.1, 0.15) is 73.1 Å². The summed E-state index contributed by atoms with van der Waals surface area (Å²) in [5.74, 6) is -0.615. The Balaban J connectivity index is 1.30. The molecule has 0 aromatic carbocycles. The summed E-state index contributed by atoms with van der Waals surface area (Å²) in [7, 11) is 1.67. The summed E-state index contributed by atoms with van der Waals surface area (Å²) >= 11 is 0. The molecule has 2 saturated heterocycles. The van der Waals surface area contributed by atoms with Gasteiger partial charge in [-0.25, -0.2) is 0 Å². The molecule has 8 nitrogen and oxygen atoms in total. The maximum absolute atomic E-state index is 13.6. The molecule has 0 radical (unpaired) electrons. The number of allylic oxidation sites excluding steroid dienone is 1. The van der Waals surface area contributed by atoms with Crippen molar-refractivity contribution in [2.45, 2.75) is 104 Å². The second-order valence-corrected chi connectivity index (χ2v) is 13.9. The molecule has 6 aliphatic rings. The largest absolute Gasteiger partial charge is 0.481 e. The van der Waals surface area contributed by atoms with Crippen molar-refractivity contribution in [1.82, 2.24) is 0 Å². The highest BCUT2D eigenvalue weighted by atomic mass is 16.8. The summed E-state index contributed by atoms with van der Waals surface area (Å²) in [5, 5.41) is 11.2. The first-order chi connectivity index (χ1) is 18.5. The van der Waals surface area contributed by atoms with Gasteiger partial charge < -0.3 is 33.6 Å². The number of carbonyl (C=O) groups is 2. The molecule has 1 N–H and O–H groups in total.